The maximum atomic E-state index is 12.1. The largest absolute Gasteiger partial charge is 0.430 e. The van der Waals surface area contributed by atoms with Crippen LogP contribution in [0.25, 0.3) is 0 Å². The Labute approximate surface area is 79.0 Å². The average Bonchev–Trinajstić information content (AvgIpc) is 1.99. The molecule has 0 fully saturated rings. The zero-order valence-corrected chi connectivity index (χ0v) is 6.85. The van der Waals surface area contributed by atoms with E-state index in [1.807, 2.05) is 0 Å². The van der Waals surface area contributed by atoms with Gasteiger partial charge in [-0.05, 0) is 0 Å². The molecule has 0 aromatic carbocycles. The Morgan fingerprint density at radius 1 is 1.13 bits per heavy atom. The molecule has 15 heavy (non-hydrogen) atoms. The summed E-state index contributed by atoms with van der Waals surface area (Å²) in [6, 6.07) is 0. The minimum Gasteiger partial charge on any atom is -0.391 e. The Morgan fingerprint density at radius 2 is 1.60 bits per heavy atom. The van der Waals surface area contributed by atoms with E-state index in [1.54, 1.807) is 0 Å². The summed E-state index contributed by atoms with van der Waals surface area (Å²) < 4.78 is 72.6. The van der Waals surface area contributed by atoms with Gasteiger partial charge < -0.3 is 4.74 Å². The quantitative estimate of drug-likeness (QED) is 0.426. The highest BCUT2D eigenvalue weighted by Gasteiger charge is 2.47. The molecule has 0 aliphatic heterocycles. The molecule has 3 nitrogen and oxygen atoms in total. The highest BCUT2D eigenvalue weighted by atomic mass is 19.4. The zero-order chi connectivity index (χ0) is 12.2. The standard InChI is InChI=1S/C6H4F6O3/c7-2(8)1-3(13)15-5(14)4(9)6(10,11)12/h2,4H,1H2. The van der Waals surface area contributed by atoms with Crippen molar-refractivity contribution < 1.29 is 40.7 Å². The molecule has 1 unspecified atom stereocenters. The number of hydrogen-bond donors (Lipinski definition) is 0. The summed E-state index contributed by atoms with van der Waals surface area (Å²) in [6.07, 6.45) is -14.3. The molecule has 88 valence electrons. The number of esters is 2. The van der Waals surface area contributed by atoms with E-state index in [-0.39, 0.29) is 0 Å². The molecule has 9 heteroatoms. The molecule has 1 atom stereocenters. The summed E-state index contributed by atoms with van der Waals surface area (Å²) in [7, 11) is 0. The number of ether oxygens (including phenoxy) is 1. The lowest BCUT2D eigenvalue weighted by Crippen LogP contribution is -2.35. The van der Waals surface area contributed by atoms with Gasteiger partial charge in [0, 0.05) is 0 Å². The molecule has 0 saturated heterocycles. The van der Waals surface area contributed by atoms with Gasteiger partial charge >= 0.3 is 18.1 Å². The van der Waals surface area contributed by atoms with Gasteiger partial charge in [0.05, 0.1) is 0 Å². The van der Waals surface area contributed by atoms with Gasteiger partial charge in [-0.3, -0.25) is 4.79 Å². The van der Waals surface area contributed by atoms with Crippen LogP contribution in [0.4, 0.5) is 26.3 Å². The Hall–Kier alpha value is -1.28. The van der Waals surface area contributed by atoms with Crippen molar-refractivity contribution in [3.63, 3.8) is 0 Å². The minimum atomic E-state index is -5.53. The van der Waals surface area contributed by atoms with E-state index in [0.717, 1.165) is 0 Å². The SMILES string of the molecule is O=C(CC(F)F)OC(=O)C(F)C(F)(F)F. The topological polar surface area (TPSA) is 43.4 Å². The number of carbonyl (C=O) groups excluding carboxylic acids is 2. The van der Waals surface area contributed by atoms with Crippen LogP contribution in [0.1, 0.15) is 6.42 Å². The molecule has 0 aromatic rings. The van der Waals surface area contributed by atoms with Crippen molar-refractivity contribution in [2.75, 3.05) is 0 Å². The molecule has 0 spiro atoms. The fourth-order valence-corrected chi connectivity index (χ4v) is 0.465. The van der Waals surface area contributed by atoms with Gasteiger partial charge in [-0.2, -0.15) is 13.2 Å². The fraction of sp³-hybridized carbons (Fsp3) is 0.667. The van der Waals surface area contributed by atoms with Crippen molar-refractivity contribution in [1.29, 1.82) is 0 Å². The first-order valence-corrected chi connectivity index (χ1v) is 3.38. The third-order valence-corrected chi connectivity index (χ3v) is 1.03. The van der Waals surface area contributed by atoms with E-state index in [4.69, 9.17) is 0 Å². The lowest BCUT2D eigenvalue weighted by atomic mass is 10.4. The van der Waals surface area contributed by atoms with E-state index < -0.39 is 37.1 Å². The van der Waals surface area contributed by atoms with E-state index in [9.17, 15) is 35.9 Å². The Kier molecular flexibility index (Phi) is 4.56. The van der Waals surface area contributed by atoms with Crippen molar-refractivity contribution in [1.82, 2.24) is 0 Å². The predicted octanol–water partition coefficient (Wildman–Crippen LogP) is 1.61. The van der Waals surface area contributed by atoms with Crippen LogP contribution < -0.4 is 0 Å². The molecule has 0 heterocycles. The highest BCUT2D eigenvalue weighted by Crippen LogP contribution is 2.23. The summed E-state index contributed by atoms with van der Waals surface area (Å²) in [5.74, 6) is -4.46. The molecule has 0 N–H and O–H groups in total. The lowest BCUT2D eigenvalue weighted by molar-refractivity contribution is -0.202. The second-order valence-electron chi connectivity index (χ2n) is 2.29. The van der Waals surface area contributed by atoms with Crippen LogP contribution in [0.5, 0.6) is 0 Å². The number of carbonyl (C=O) groups is 2. The first-order valence-electron chi connectivity index (χ1n) is 3.38. The molecular weight excluding hydrogens is 234 g/mol. The molecule has 0 aliphatic rings. The normalized spacial score (nSPS) is 13.8. The summed E-state index contributed by atoms with van der Waals surface area (Å²) in [6.45, 7) is 0. The summed E-state index contributed by atoms with van der Waals surface area (Å²) in [4.78, 5) is 20.4. The fourth-order valence-electron chi connectivity index (χ4n) is 0.465. The monoisotopic (exact) mass is 238 g/mol. The van der Waals surface area contributed by atoms with Crippen LogP contribution in [0.15, 0.2) is 0 Å². The number of rotatable bonds is 3. The van der Waals surface area contributed by atoms with E-state index >= 15 is 0 Å². The zero-order valence-electron chi connectivity index (χ0n) is 6.85. The van der Waals surface area contributed by atoms with Gasteiger partial charge in [0.1, 0.15) is 6.42 Å². The predicted molar refractivity (Wildman–Crippen MR) is 32.7 cm³/mol. The third-order valence-electron chi connectivity index (χ3n) is 1.03. The second-order valence-corrected chi connectivity index (χ2v) is 2.29. The van der Waals surface area contributed by atoms with Gasteiger partial charge in [0.2, 0.25) is 6.43 Å². The average molecular weight is 238 g/mol. The minimum absolute atomic E-state index is 1.57. The van der Waals surface area contributed by atoms with Crippen LogP contribution in [-0.4, -0.2) is 30.7 Å². The number of hydrogen-bond acceptors (Lipinski definition) is 3. The molecule has 0 radical (unpaired) electrons. The van der Waals surface area contributed by atoms with Crippen LogP contribution >= 0.6 is 0 Å². The van der Waals surface area contributed by atoms with E-state index in [2.05, 4.69) is 4.74 Å². The maximum absolute atomic E-state index is 12.1. The Bertz CT molecular complexity index is 248. The number of alkyl halides is 6. The summed E-state index contributed by atoms with van der Waals surface area (Å²) in [5, 5.41) is 0. The highest BCUT2D eigenvalue weighted by molar-refractivity contribution is 5.88. The molecule has 0 saturated carbocycles. The van der Waals surface area contributed by atoms with Gasteiger partial charge in [-0.15, -0.1) is 0 Å². The first-order chi connectivity index (χ1) is 6.64. The maximum Gasteiger partial charge on any atom is 0.430 e. The second kappa shape index (κ2) is 4.99. The molecule has 0 aromatic heterocycles. The molecule has 0 aliphatic carbocycles. The van der Waals surface area contributed by atoms with E-state index in [1.165, 1.54) is 0 Å². The van der Waals surface area contributed by atoms with Crippen LogP contribution in [0.3, 0.4) is 0 Å². The molecular formula is C6H4F6O3. The summed E-state index contributed by atoms with van der Waals surface area (Å²) >= 11 is 0. The van der Waals surface area contributed by atoms with Gasteiger partial charge in [-0.1, -0.05) is 0 Å². The van der Waals surface area contributed by atoms with Crippen molar-refractivity contribution in [3.8, 4) is 0 Å². The number of halogens is 6. The molecule has 0 bridgehead atoms. The van der Waals surface area contributed by atoms with Gasteiger partial charge in [0.15, 0.2) is 0 Å². The van der Waals surface area contributed by atoms with Crippen molar-refractivity contribution in [2.24, 2.45) is 0 Å². The smallest absolute Gasteiger partial charge is 0.391 e. The Balaban J connectivity index is 4.20. The van der Waals surface area contributed by atoms with Crippen molar-refractivity contribution in [2.45, 2.75) is 25.2 Å². The van der Waals surface area contributed by atoms with Crippen molar-refractivity contribution >= 4 is 11.9 Å². The van der Waals surface area contributed by atoms with Crippen LogP contribution in [-0.2, 0) is 14.3 Å². The van der Waals surface area contributed by atoms with Crippen LogP contribution in [0, 0.1) is 0 Å². The Morgan fingerprint density at radius 3 is 1.93 bits per heavy atom. The molecule has 0 rings (SSSR count). The van der Waals surface area contributed by atoms with Gasteiger partial charge in [-0.25, -0.2) is 18.0 Å². The van der Waals surface area contributed by atoms with Crippen molar-refractivity contribution in [3.05, 3.63) is 0 Å². The molecule has 0 amide bonds. The summed E-state index contributed by atoms with van der Waals surface area (Å²) in [5.41, 5.74) is 0. The van der Waals surface area contributed by atoms with Crippen LogP contribution in [0.2, 0.25) is 0 Å². The lowest BCUT2D eigenvalue weighted by Gasteiger charge is -2.10. The first kappa shape index (κ1) is 13.7. The van der Waals surface area contributed by atoms with E-state index in [0.29, 0.717) is 0 Å². The third kappa shape index (κ3) is 5.23. The van der Waals surface area contributed by atoms with Gasteiger partial charge in [0.25, 0.3) is 6.17 Å².